The van der Waals surface area contributed by atoms with Crippen LogP contribution in [0.3, 0.4) is 0 Å². The van der Waals surface area contributed by atoms with E-state index in [4.69, 9.17) is 0 Å². The number of carbonyl (C=O) groups excluding carboxylic acids is 1. The molecule has 0 spiro atoms. The molecule has 0 aliphatic heterocycles. The van der Waals surface area contributed by atoms with E-state index in [-0.39, 0.29) is 17.2 Å². The van der Waals surface area contributed by atoms with Crippen molar-refractivity contribution in [3.05, 3.63) is 55.1 Å². The average Bonchev–Trinajstić information content (AvgIpc) is 3.07. The van der Waals surface area contributed by atoms with Gasteiger partial charge in [-0.15, -0.1) is 6.58 Å². The fourth-order valence-electron chi connectivity index (χ4n) is 2.24. The number of aromatic nitrogens is 3. The van der Waals surface area contributed by atoms with Gasteiger partial charge in [-0.2, -0.15) is 9.40 Å². The molecule has 0 amide bonds. The maximum atomic E-state index is 12.8. The van der Waals surface area contributed by atoms with Gasteiger partial charge in [0.05, 0.1) is 4.90 Å². The number of carbonyl (C=O) groups is 1. The molecule has 2 rings (SSSR count). The average molecular weight is 348 g/mol. The van der Waals surface area contributed by atoms with Crippen LogP contribution < -0.4 is 0 Å². The molecule has 0 radical (unpaired) electrons. The van der Waals surface area contributed by atoms with Gasteiger partial charge in [0.2, 0.25) is 10.0 Å². The minimum absolute atomic E-state index is 0.109. The fraction of sp³-hybridized carbons (Fsp3) is 0.312. The Morgan fingerprint density at radius 3 is 2.83 bits per heavy atom. The molecule has 0 atom stereocenters. The summed E-state index contributed by atoms with van der Waals surface area (Å²) in [6, 6.07) is 6.08. The normalized spacial score (nSPS) is 11.6. The van der Waals surface area contributed by atoms with Crippen molar-refractivity contribution in [1.29, 1.82) is 0 Å². The summed E-state index contributed by atoms with van der Waals surface area (Å²) in [5.74, 6) is -0.173. The van der Waals surface area contributed by atoms with Crippen LogP contribution in [0.4, 0.5) is 0 Å². The lowest BCUT2D eigenvalue weighted by atomic mass is 10.2. The van der Waals surface area contributed by atoms with Crippen molar-refractivity contribution in [3.63, 3.8) is 0 Å². The molecule has 0 saturated carbocycles. The third-order valence-corrected chi connectivity index (χ3v) is 5.33. The van der Waals surface area contributed by atoms with Gasteiger partial charge in [-0.25, -0.2) is 13.4 Å². The number of benzene rings is 1. The van der Waals surface area contributed by atoms with Gasteiger partial charge in [-0.1, -0.05) is 18.2 Å². The highest BCUT2D eigenvalue weighted by Gasteiger charge is 2.23. The maximum Gasteiger partial charge on any atom is 0.243 e. The second-order valence-corrected chi connectivity index (χ2v) is 7.19. The van der Waals surface area contributed by atoms with Crippen molar-refractivity contribution >= 4 is 15.8 Å². The Kier molecular flexibility index (Phi) is 5.99. The number of sulfonamides is 1. The third-order valence-electron chi connectivity index (χ3n) is 3.47. The van der Waals surface area contributed by atoms with Crippen LogP contribution >= 0.6 is 0 Å². The zero-order chi connectivity index (χ0) is 17.6. The molecular formula is C16H20N4O3S. The van der Waals surface area contributed by atoms with E-state index in [1.165, 1.54) is 29.7 Å². The van der Waals surface area contributed by atoms with Gasteiger partial charge in [0.15, 0.2) is 5.78 Å². The van der Waals surface area contributed by atoms with E-state index in [1.807, 2.05) is 0 Å². The number of aryl methyl sites for hydroxylation is 1. The second kappa shape index (κ2) is 7.98. The number of ketones is 1. The van der Waals surface area contributed by atoms with Crippen molar-refractivity contribution in [1.82, 2.24) is 19.1 Å². The van der Waals surface area contributed by atoms with Crippen LogP contribution in [0, 0.1) is 0 Å². The van der Waals surface area contributed by atoms with Crippen molar-refractivity contribution in [2.45, 2.75) is 24.8 Å². The molecule has 7 nitrogen and oxygen atoms in total. The van der Waals surface area contributed by atoms with Gasteiger partial charge >= 0.3 is 0 Å². The molecule has 0 unspecified atom stereocenters. The largest absolute Gasteiger partial charge is 0.295 e. The Bertz CT molecular complexity index is 800. The molecule has 0 aliphatic rings. The van der Waals surface area contributed by atoms with Crippen LogP contribution in [-0.4, -0.2) is 46.4 Å². The summed E-state index contributed by atoms with van der Waals surface area (Å²) in [4.78, 5) is 15.4. The van der Waals surface area contributed by atoms with E-state index < -0.39 is 10.0 Å². The van der Waals surface area contributed by atoms with Gasteiger partial charge in [0.1, 0.15) is 12.7 Å². The summed E-state index contributed by atoms with van der Waals surface area (Å²) >= 11 is 0. The Morgan fingerprint density at radius 1 is 1.42 bits per heavy atom. The number of nitrogens with zero attached hydrogens (tertiary/aromatic N) is 4. The highest BCUT2D eigenvalue weighted by atomic mass is 32.2. The molecule has 0 fully saturated rings. The highest BCUT2D eigenvalue weighted by Crippen LogP contribution is 2.18. The molecule has 128 valence electrons. The van der Waals surface area contributed by atoms with E-state index in [2.05, 4.69) is 16.7 Å². The van der Waals surface area contributed by atoms with Gasteiger partial charge < -0.3 is 0 Å². The summed E-state index contributed by atoms with van der Waals surface area (Å²) in [6.07, 6.45) is 5.15. The van der Waals surface area contributed by atoms with E-state index in [1.54, 1.807) is 29.2 Å². The molecule has 0 bridgehead atoms. The quantitative estimate of drug-likeness (QED) is 0.509. The molecule has 0 N–H and O–H groups in total. The first-order valence-corrected chi connectivity index (χ1v) is 8.93. The van der Waals surface area contributed by atoms with Crippen molar-refractivity contribution in [3.8, 4) is 0 Å². The molecule has 24 heavy (non-hydrogen) atoms. The van der Waals surface area contributed by atoms with E-state index in [0.717, 1.165) is 0 Å². The molecule has 8 heteroatoms. The summed E-state index contributed by atoms with van der Waals surface area (Å²) in [5, 5.41) is 3.99. The topological polar surface area (TPSA) is 85.2 Å². The molecule has 2 aromatic rings. The van der Waals surface area contributed by atoms with Gasteiger partial charge in [-0.05, 0) is 25.5 Å². The Morgan fingerprint density at radius 2 is 2.21 bits per heavy atom. The SMILES string of the molecule is C=CCN(CCCn1cncn1)S(=O)(=O)c1cccc(C(C)=O)c1. The first-order valence-electron chi connectivity index (χ1n) is 7.49. The third kappa shape index (κ3) is 4.36. The van der Waals surface area contributed by atoms with Crippen LogP contribution in [0.2, 0.25) is 0 Å². The number of hydrogen-bond acceptors (Lipinski definition) is 5. The van der Waals surface area contributed by atoms with E-state index in [0.29, 0.717) is 25.1 Å². The van der Waals surface area contributed by atoms with Crippen LogP contribution in [-0.2, 0) is 16.6 Å². The zero-order valence-corrected chi connectivity index (χ0v) is 14.3. The summed E-state index contributed by atoms with van der Waals surface area (Å²) in [6.45, 7) is 6.11. The molecule has 0 saturated heterocycles. The van der Waals surface area contributed by atoms with Crippen molar-refractivity contribution in [2.75, 3.05) is 13.1 Å². The first-order chi connectivity index (χ1) is 11.4. The van der Waals surface area contributed by atoms with Crippen molar-refractivity contribution < 1.29 is 13.2 Å². The van der Waals surface area contributed by atoms with Crippen LogP contribution in [0.15, 0.2) is 54.5 Å². The molecule has 0 aliphatic carbocycles. The highest BCUT2D eigenvalue weighted by molar-refractivity contribution is 7.89. The predicted molar refractivity (Wildman–Crippen MR) is 90.0 cm³/mol. The van der Waals surface area contributed by atoms with E-state index in [9.17, 15) is 13.2 Å². The Labute approximate surface area is 141 Å². The van der Waals surface area contributed by atoms with Gasteiger partial charge in [0, 0.05) is 25.2 Å². The predicted octanol–water partition coefficient (Wildman–Crippen LogP) is 1.75. The van der Waals surface area contributed by atoms with Gasteiger partial charge in [0.25, 0.3) is 0 Å². The van der Waals surface area contributed by atoms with Crippen molar-refractivity contribution in [2.24, 2.45) is 0 Å². The molecule has 1 aromatic heterocycles. The van der Waals surface area contributed by atoms with E-state index >= 15 is 0 Å². The summed E-state index contributed by atoms with van der Waals surface area (Å²) < 4.78 is 28.6. The van der Waals surface area contributed by atoms with Gasteiger partial charge in [-0.3, -0.25) is 9.48 Å². The summed E-state index contributed by atoms with van der Waals surface area (Å²) in [5.41, 5.74) is 0.372. The molecule has 1 heterocycles. The molecular weight excluding hydrogens is 328 g/mol. The number of Topliss-reactive ketones (excluding diaryl/α,β-unsaturated/α-hetero) is 1. The van der Waals surface area contributed by atoms with Crippen LogP contribution in [0.5, 0.6) is 0 Å². The standard InChI is InChI=1S/C16H20N4O3S/c1-3-8-20(10-5-9-19-13-17-12-18-19)24(22,23)16-7-4-6-15(11-16)14(2)21/h3-4,6-7,11-13H,1,5,8-10H2,2H3. The maximum absolute atomic E-state index is 12.8. The Hall–Kier alpha value is -2.32. The summed E-state index contributed by atoms with van der Waals surface area (Å²) in [7, 11) is -3.70. The van der Waals surface area contributed by atoms with Crippen LogP contribution in [0.1, 0.15) is 23.7 Å². The fourth-order valence-corrected chi connectivity index (χ4v) is 3.73. The minimum atomic E-state index is -3.70. The lowest BCUT2D eigenvalue weighted by molar-refractivity contribution is 0.101. The molecule has 1 aromatic carbocycles. The smallest absolute Gasteiger partial charge is 0.243 e. The first kappa shape index (κ1) is 18.0. The Balaban J connectivity index is 2.16. The second-order valence-electron chi connectivity index (χ2n) is 5.25. The lowest BCUT2D eigenvalue weighted by Gasteiger charge is -2.21. The monoisotopic (exact) mass is 348 g/mol. The number of hydrogen-bond donors (Lipinski definition) is 0. The van der Waals surface area contributed by atoms with Crippen LogP contribution in [0.25, 0.3) is 0 Å². The lowest BCUT2D eigenvalue weighted by Crippen LogP contribution is -2.33. The minimum Gasteiger partial charge on any atom is -0.295 e. The number of rotatable bonds is 9. The zero-order valence-electron chi connectivity index (χ0n) is 13.5.